The number of anilines is 1. The van der Waals surface area contributed by atoms with Gasteiger partial charge in [-0.2, -0.15) is 0 Å². The molecule has 0 saturated carbocycles. The zero-order chi connectivity index (χ0) is 14.8. The highest BCUT2D eigenvalue weighted by molar-refractivity contribution is 7.21. The maximum absolute atomic E-state index is 12.6. The summed E-state index contributed by atoms with van der Waals surface area (Å²) in [7, 11) is 1.77. The van der Waals surface area contributed by atoms with Crippen molar-refractivity contribution >= 4 is 33.0 Å². The second-order valence-electron chi connectivity index (χ2n) is 4.73. The normalized spacial score (nSPS) is 10.7. The Hall–Kier alpha value is -2.47. The van der Waals surface area contributed by atoms with Crippen molar-refractivity contribution in [2.45, 2.75) is 6.54 Å². The average molecular weight is 298 g/mol. The van der Waals surface area contributed by atoms with Crippen LogP contribution in [0.4, 0.5) is 5.69 Å². The van der Waals surface area contributed by atoms with E-state index in [2.05, 4.69) is 9.97 Å². The molecule has 0 aliphatic heterocycles. The van der Waals surface area contributed by atoms with Gasteiger partial charge in [0, 0.05) is 43.8 Å². The third-order valence-electron chi connectivity index (χ3n) is 3.24. The molecule has 106 valence electrons. The number of amides is 1. The highest BCUT2D eigenvalue weighted by Gasteiger charge is 2.19. The van der Waals surface area contributed by atoms with Crippen molar-refractivity contribution in [2.75, 3.05) is 12.8 Å². The van der Waals surface area contributed by atoms with Crippen LogP contribution in [0, 0.1) is 0 Å². The molecular formula is C15H14N4OS. The van der Waals surface area contributed by atoms with Gasteiger partial charge >= 0.3 is 0 Å². The fourth-order valence-corrected chi connectivity index (χ4v) is 3.22. The lowest BCUT2D eigenvalue weighted by Gasteiger charge is -2.16. The third kappa shape index (κ3) is 2.57. The lowest BCUT2D eigenvalue weighted by atomic mass is 10.2. The molecule has 3 heterocycles. The molecule has 0 radical (unpaired) electrons. The Morgan fingerprint density at radius 3 is 2.67 bits per heavy atom. The van der Waals surface area contributed by atoms with Crippen molar-refractivity contribution < 1.29 is 4.79 Å². The van der Waals surface area contributed by atoms with Gasteiger partial charge in [0.15, 0.2) is 0 Å². The Morgan fingerprint density at radius 1 is 1.24 bits per heavy atom. The summed E-state index contributed by atoms with van der Waals surface area (Å²) >= 11 is 1.38. The largest absolute Gasteiger partial charge is 0.397 e. The van der Waals surface area contributed by atoms with E-state index < -0.39 is 0 Å². The summed E-state index contributed by atoms with van der Waals surface area (Å²) in [5.74, 6) is -0.0782. The van der Waals surface area contributed by atoms with E-state index in [9.17, 15) is 4.79 Å². The molecule has 0 unspecified atom stereocenters. The lowest BCUT2D eigenvalue weighted by molar-refractivity contribution is 0.0791. The number of nitrogen functional groups attached to an aromatic ring is 1. The topological polar surface area (TPSA) is 72.1 Å². The Labute approximate surface area is 126 Å². The van der Waals surface area contributed by atoms with Gasteiger partial charge in [0.25, 0.3) is 5.91 Å². The molecule has 0 aromatic carbocycles. The van der Waals surface area contributed by atoms with Gasteiger partial charge in [-0.25, -0.2) is 0 Å². The Kier molecular flexibility index (Phi) is 3.53. The molecule has 6 heteroatoms. The first-order valence-electron chi connectivity index (χ1n) is 6.43. The molecular weight excluding hydrogens is 284 g/mol. The van der Waals surface area contributed by atoms with Crippen molar-refractivity contribution in [1.82, 2.24) is 14.9 Å². The summed E-state index contributed by atoms with van der Waals surface area (Å²) in [5, 5.41) is 0.885. The number of aromatic nitrogens is 2. The van der Waals surface area contributed by atoms with Crippen LogP contribution < -0.4 is 5.73 Å². The van der Waals surface area contributed by atoms with Crippen LogP contribution in [0.3, 0.4) is 0 Å². The molecule has 3 aromatic heterocycles. The minimum absolute atomic E-state index is 0.0782. The van der Waals surface area contributed by atoms with Gasteiger partial charge in [0.05, 0.1) is 10.4 Å². The van der Waals surface area contributed by atoms with Gasteiger partial charge in [-0.3, -0.25) is 14.8 Å². The summed E-state index contributed by atoms with van der Waals surface area (Å²) < 4.78 is 0.927. The van der Waals surface area contributed by atoms with Crippen molar-refractivity contribution in [1.29, 1.82) is 0 Å². The minimum atomic E-state index is -0.0782. The smallest absolute Gasteiger partial charge is 0.266 e. The first-order valence-corrected chi connectivity index (χ1v) is 7.25. The van der Waals surface area contributed by atoms with E-state index in [1.165, 1.54) is 11.3 Å². The van der Waals surface area contributed by atoms with E-state index in [1.54, 1.807) is 36.7 Å². The Bertz CT molecular complexity index is 785. The third-order valence-corrected chi connectivity index (χ3v) is 4.39. The number of carbonyl (C=O) groups excluding carboxylic acids is 1. The summed E-state index contributed by atoms with van der Waals surface area (Å²) in [5.41, 5.74) is 7.66. The van der Waals surface area contributed by atoms with Crippen LogP contribution in [-0.2, 0) is 6.54 Å². The molecule has 0 fully saturated rings. The fraction of sp³-hybridized carbons (Fsp3) is 0.133. The van der Waals surface area contributed by atoms with Crippen molar-refractivity contribution in [3.05, 3.63) is 53.4 Å². The number of carbonyl (C=O) groups is 1. The Morgan fingerprint density at radius 2 is 1.95 bits per heavy atom. The van der Waals surface area contributed by atoms with E-state index in [0.717, 1.165) is 15.6 Å². The number of nitrogens with zero attached hydrogens (tertiary/aromatic N) is 3. The highest BCUT2D eigenvalue weighted by Crippen LogP contribution is 2.33. The van der Waals surface area contributed by atoms with Crippen LogP contribution >= 0.6 is 11.3 Å². The molecule has 0 bridgehead atoms. The van der Waals surface area contributed by atoms with E-state index >= 15 is 0 Å². The SMILES string of the molecule is CN(Cc1ccncc1)C(=O)c1sc2cnccc2c1N. The number of fused-ring (bicyclic) bond motifs is 1. The Balaban J connectivity index is 1.88. The molecule has 0 aliphatic rings. The molecule has 21 heavy (non-hydrogen) atoms. The van der Waals surface area contributed by atoms with Crippen LogP contribution in [0.5, 0.6) is 0 Å². The maximum Gasteiger partial charge on any atom is 0.266 e. The van der Waals surface area contributed by atoms with Crippen LogP contribution in [-0.4, -0.2) is 27.8 Å². The van der Waals surface area contributed by atoms with Crippen molar-refractivity contribution in [3.63, 3.8) is 0 Å². The first-order chi connectivity index (χ1) is 10.2. The summed E-state index contributed by atoms with van der Waals surface area (Å²) in [6.07, 6.45) is 6.84. The molecule has 3 aromatic rings. The number of hydrogen-bond acceptors (Lipinski definition) is 5. The quantitative estimate of drug-likeness (QED) is 0.806. The lowest BCUT2D eigenvalue weighted by Crippen LogP contribution is -2.26. The predicted octanol–water partition coefficient (Wildman–Crippen LogP) is 2.55. The van der Waals surface area contributed by atoms with Crippen LogP contribution in [0.2, 0.25) is 0 Å². The minimum Gasteiger partial charge on any atom is -0.397 e. The van der Waals surface area contributed by atoms with Gasteiger partial charge in [-0.15, -0.1) is 11.3 Å². The predicted molar refractivity (Wildman–Crippen MR) is 84.1 cm³/mol. The first kappa shape index (κ1) is 13.5. The second-order valence-corrected chi connectivity index (χ2v) is 5.79. The van der Waals surface area contributed by atoms with Crippen LogP contribution in [0.25, 0.3) is 10.1 Å². The van der Waals surface area contributed by atoms with Crippen molar-refractivity contribution in [2.24, 2.45) is 0 Å². The van der Waals surface area contributed by atoms with Gasteiger partial charge in [-0.1, -0.05) is 0 Å². The van der Waals surface area contributed by atoms with E-state index in [1.807, 2.05) is 18.2 Å². The van der Waals surface area contributed by atoms with Crippen LogP contribution in [0.15, 0.2) is 43.0 Å². The number of rotatable bonds is 3. The fourth-order valence-electron chi connectivity index (χ4n) is 2.14. The highest BCUT2D eigenvalue weighted by atomic mass is 32.1. The molecule has 3 rings (SSSR count). The van der Waals surface area contributed by atoms with Crippen LogP contribution in [0.1, 0.15) is 15.2 Å². The van der Waals surface area contributed by atoms with E-state index in [-0.39, 0.29) is 5.91 Å². The van der Waals surface area contributed by atoms with Gasteiger partial charge in [0.2, 0.25) is 0 Å². The molecule has 2 N–H and O–H groups in total. The molecule has 0 saturated heterocycles. The molecule has 5 nitrogen and oxygen atoms in total. The molecule has 1 amide bonds. The zero-order valence-corrected chi connectivity index (χ0v) is 12.3. The van der Waals surface area contributed by atoms with Gasteiger partial charge < -0.3 is 10.6 Å². The van der Waals surface area contributed by atoms with Crippen molar-refractivity contribution in [3.8, 4) is 0 Å². The number of pyridine rings is 2. The summed E-state index contributed by atoms with van der Waals surface area (Å²) in [4.78, 5) is 22.8. The average Bonchev–Trinajstić information content (AvgIpc) is 2.85. The van der Waals surface area contributed by atoms with Gasteiger partial charge in [-0.05, 0) is 23.8 Å². The maximum atomic E-state index is 12.6. The molecule has 0 aliphatic carbocycles. The standard InChI is InChI=1S/C15H14N4OS/c1-19(9-10-2-5-17-6-3-10)15(20)14-13(16)11-4-7-18-8-12(11)21-14/h2-8H,9,16H2,1H3. The number of nitrogens with two attached hydrogens (primary N) is 1. The molecule has 0 atom stereocenters. The van der Waals surface area contributed by atoms with Gasteiger partial charge in [0.1, 0.15) is 4.88 Å². The summed E-state index contributed by atoms with van der Waals surface area (Å²) in [6.45, 7) is 0.521. The van der Waals surface area contributed by atoms with E-state index in [0.29, 0.717) is 17.1 Å². The molecule has 0 spiro atoms. The number of thiophene rings is 1. The second kappa shape index (κ2) is 5.49. The summed E-state index contributed by atoms with van der Waals surface area (Å²) in [6, 6.07) is 5.62. The number of hydrogen-bond donors (Lipinski definition) is 1. The zero-order valence-electron chi connectivity index (χ0n) is 11.5. The monoisotopic (exact) mass is 298 g/mol. The van der Waals surface area contributed by atoms with E-state index in [4.69, 9.17) is 5.73 Å².